The number of ether oxygens (including phenoxy) is 1. The lowest BCUT2D eigenvalue weighted by Gasteiger charge is -2.41. The third kappa shape index (κ3) is 4.00. The molecule has 0 unspecified atom stereocenters. The molecule has 1 aromatic carbocycles. The Bertz CT molecular complexity index is 927. The summed E-state index contributed by atoms with van der Waals surface area (Å²) in [7, 11) is 0. The summed E-state index contributed by atoms with van der Waals surface area (Å²) < 4.78 is 7.89. The van der Waals surface area contributed by atoms with Crippen LogP contribution in [0.15, 0.2) is 61.1 Å². The van der Waals surface area contributed by atoms with E-state index in [9.17, 15) is 4.79 Å². The van der Waals surface area contributed by atoms with Gasteiger partial charge in [-0.15, -0.1) is 0 Å². The van der Waals surface area contributed by atoms with Gasteiger partial charge in [0.15, 0.2) is 0 Å². The molecule has 28 heavy (non-hydrogen) atoms. The summed E-state index contributed by atoms with van der Waals surface area (Å²) in [5.74, 6) is 0. The lowest BCUT2D eigenvalue weighted by molar-refractivity contribution is -0.0680. The molecule has 146 valence electrons. The van der Waals surface area contributed by atoms with Crippen LogP contribution in [0.1, 0.15) is 18.5 Å². The molecular weight excluding hydrogens is 354 g/mol. The van der Waals surface area contributed by atoms with Crippen molar-refractivity contribution in [3.63, 3.8) is 0 Å². The van der Waals surface area contributed by atoms with E-state index in [0.29, 0.717) is 18.8 Å². The molecule has 0 bridgehead atoms. The number of aromatic nitrogens is 2. The van der Waals surface area contributed by atoms with Crippen molar-refractivity contribution >= 4 is 17.4 Å². The van der Waals surface area contributed by atoms with Crippen LogP contribution in [0.5, 0.6) is 0 Å². The molecular formula is C21H25N5O2. The number of anilines is 1. The van der Waals surface area contributed by atoms with Crippen LogP contribution in [-0.2, 0) is 4.74 Å². The van der Waals surface area contributed by atoms with E-state index in [1.807, 2.05) is 47.1 Å². The van der Waals surface area contributed by atoms with Gasteiger partial charge in [0.1, 0.15) is 5.65 Å². The first-order valence-corrected chi connectivity index (χ1v) is 9.63. The number of hydrogen-bond acceptors (Lipinski definition) is 4. The van der Waals surface area contributed by atoms with Crippen molar-refractivity contribution in [3.05, 3.63) is 66.6 Å². The molecule has 7 nitrogen and oxygen atoms in total. The van der Waals surface area contributed by atoms with Crippen molar-refractivity contribution in [1.82, 2.24) is 19.6 Å². The molecule has 3 heterocycles. The zero-order chi connectivity index (χ0) is 19.3. The second-order valence-corrected chi connectivity index (χ2v) is 6.84. The van der Waals surface area contributed by atoms with E-state index < -0.39 is 0 Å². The number of nitrogens with zero attached hydrogens (tertiary/aromatic N) is 3. The summed E-state index contributed by atoms with van der Waals surface area (Å²) in [5.41, 5.74) is 2.76. The quantitative estimate of drug-likeness (QED) is 0.715. The highest BCUT2D eigenvalue weighted by Crippen LogP contribution is 2.29. The predicted octanol–water partition coefficient (Wildman–Crippen LogP) is 2.92. The van der Waals surface area contributed by atoms with Gasteiger partial charge in [-0.25, -0.2) is 9.78 Å². The summed E-state index contributed by atoms with van der Waals surface area (Å²) in [6.45, 7) is 5.10. The molecule has 2 N–H and O–H groups in total. The van der Waals surface area contributed by atoms with Gasteiger partial charge in [-0.1, -0.05) is 37.3 Å². The Balaban J connectivity index is 1.41. The Kier molecular flexibility index (Phi) is 5.55. The van der Waals surface area contributed by atoms with Crippen LogP contribution in [0.25, 0.3) is 5.65 Å². The standard InChI is InChI=1S/C21H25N5O2/c1-2-25-12-13-28-18(20(25)16-6-4-3-5-7-16)14-23-21(27)24-17-8-9-19-22-10-11-26(19)15-17/h3-11,15,18,20H,2,12-14H2,1H3,(H2,23,24,27)/t18-,20-/m0/s1. The number of carbonyl (C=O) groups is 1. The number of morpholine rings is 1. The molecule has 7 heteroatoms. The lowest BCUT2D eigenvalue weighted by Crippen LogP contribution is -2.50. The molecule has 0 aliphatic carbocycles. The van der Waals surface area contributed by atoms with Crippen molar-refractivity contribution in [2.75, 3.05) is 31.6 Å². The van der Waals surface area contributed by atoms with Gasteiger partial charge in [0.05, 0.1) is 24.4 Å². The van der Waals surface area contributed by atoms with Gasteiger partial charge in [0, 0.05) is 31.7 Å². The fraction of sp³-hybridized carbons (Fsp3) is 0.333. The monoisotopic (exact) mass is 379 g/mol. The van der Waals surface area contributed by atoms with Crippen LogP contribution < -0.4 is 10.6 Å². The van der Waals surface area contributed by atoms with Crippen molar-refractivity contribution in [2.45, 2.75) is 19.1 Å². The van der Waals surface area contributed by atoms with Gasteiger partial charge in [0.25, 0.3) is 0 Å². The summed E-state index contributed by atoms with van der Waals surface area (Å²) in [6.07, 6.45) is 5.31. The number of fused-ring (bicyclic) bond motifs is 1. The van der Waals surface area contributed by atoms with Crippen molar-refractivity contribution < 1.29 is 9.53 Å². The van der Waals surface area contributed by atoms with E-state index in [1.54, 1.807) is 6.20 Å². The minimum Gasteiger partial charge on any atom is -0.373 e. The van der Waals surface area contributed by atoms with Crippen molar-refractivity contribution in [3.8, 4) is 0 Å². The van der Waals surface area contributed by atoms with Crippen LogP contribution in [0.2, 0.25) is 0 Å². The number of benzene rings is 1. The Morgan fingerprint density at radius 2 is 2.11 bits per heavy atom. The molecule has 0 saturated carbocycles. The molecule has 2 atom stereocenters. The molecule has 1 fully saturated rings. The fourth-order valence-corrected chi connectivity index (χ4v) is 3.75. The van der Waals surface area contributed by atoms with E-state index in [2.05, 4.69) is 39.6 Å². The number of imidazole rings is 1. The number of amides is 2. The highest BCUT2D eigenvalue weighted by Gasteiger charge is 2.32. The molecule has 1 saturated heterocycles. The topological polar surface area (TPSA) is 70.9 Å². The maximum Gasteiger partial charge on any atom is 0.319 e. The van der Waals surface area contributed by atoms with E-state index in [0.717, 1.165) is 18.7 Å². The summed E-state index contributed by atoms with van der Waals surface area (Å²) >= 11 is 0. The first-order valence-electron chi connectivity index (χ1n) is 9.63. The predicted molar refractivity (Wildman–Crippen MR) is 108 cm³/mol. The third-order valence-electron chi connectivity index (χ3n) is 5.11. The van der Waals surface area contributed by atoms with Gasteiger partial charge >= 0.3 is 6.03 Å². The lowest BCUT2D eigenvalue weighted by atomic mass is 9.98. The SMILES string of the molecule is CCN1CCO[C@@H](CNC(=O)Nc2ccc3nccn3c2)[C@@H]1c1ccccc1. The molecule has 1 aliphatic heterocycles. The number of pyridine rings is 1. The van der Waals surface area contributed by atoms with Gasteiger partial charge in [0.2, 0.25) is 0 Å². The maximum absolute atomic E-state index is 12.4. The van der Waals surface area contributed by atoms with Crippen LogP contribution >= 0.6 is 0 Å². The molecule has 0 radical (unpaired) electrons. The summed E-state index contributed by atoms with van der Waals surface area (Å²) in [6, 6.07) is 13.9. The maximum atomic E-state index is 12.4. The normalized spacial score (nSPS) is 20.2. The Labute approximate surface area is 164 Å². The molecule has 2 aromatic heterocycles. The molecule has 1 aliphatic rings. The van der Waals surface area contributed by atoms with Crippen LogP contribution in [0, 0.1) is 0 Å². The van der Waals surface area contributed by atoms with Gasteiger partial charge in [-0.05, 0) is 24.2 Å². The number of rotatable bonds is 5. The highest BCUT2D eigenvalue weighted by atomic mass is 16.5. The number of carbonyl (C=O) groups excluding carboxylic acids is 1. The van der Waals surface area contributed by atoms with Crippen LogP contribution in [0.4, 0.5) is 10.5 Å². The summed E-state index contributed by atoms with van der Waals surface area (Å²) in [5, 5.41) is 5.84. The number of urea groups is 1. The summed E-state index contributed by atoms with van der Waals surface area (Å²) in [4.78, 5) is 19.0. The van der Waals surface area contributed by atoms with Gasteiger partial charge < -0.3 is 19.8 Å². The molecule has 3 aromatic rings. The molecule has 4 rings (SSSR count). The molecule has 2 amide bonds. The largest absolute Gasteiger partial charge is 0.373 e. The second-order valence-electron chi connectivity index (χ2n) is 6.84. The minimum absolute atomic E-state index is 0.0991. The van der Waals surface area contributed by atoms with Crippen molar-refractivity contribution in [1.29, 1.82) is 0 Å². The van der Waals surface area contributed by atoms with E-state index >= 15 is 0 Å². The number of likely N-dealkylation sites (N-methyl/N-ethyl adjacent to an activating group) is 1. The first kappa shape index (κ1) is 18.5. The smallest absolute Gasteiger partial charge is 0.319 e. The number of hydrogen-bond donors (Lipinski definition) is 2. The zero-order valence-corrected chi connectivity index (χ0v) is 15.9. The van der Waals surface area contributed by atoms with E-state index in [4.69, 9.17) is 4.74 Å². The van der Waals surface area contributed by atoms with Crippen molar-refractivity contribution in [2.24, 2.45) is 0 Å². The zero-order valence-electron chi connectivity index (χ0n) is 15.9. The number of nitrogens with one attached hydrogen (secondary N) is 2. The van der Waals surface area contributed by atoms with Gasteiger partial charge in [-0.3, -0.25) is 4.90 Å². The van der Waals surface area contributed by atoms with Crippen LogP contribution in [-0.4, -0.2) is 52.7 Å². The minimum atomic E-state index is -0.247. The first-order chi connectivity index (χ1) is 13.7. The van der Waals surface area contributed by atoms with Gasteiger partial charge in [-0.2, -0.15) is 0 Å². The average Bonchev–Trinajstić information content (AvgIpc) is 3.20. The Morgan fingerprint density at radius 1 is 1.25 bits per heavy atom. The second kappa shape index (κ2) is 8.41. The third-order valence-corrected chi connectivity index (χ3v) is 5.11. The van der Waals surface area contributed by atoms with E-state index in [-0.39, 0.29) is 18.2 Å². The Morgan fingerprint density at radius 3 is 2.93 bits per heavy atom. The fourth-order valence-electron chi connectivity index (χ4n) is 3.75. The van der Waals surface area contributed by atoms with Crippen LogP contribution in [0.3, 0.4) is 0 Å². The van der Waals surface area contributed by atoms with E-state index in [1.165, 1.54) is 5.56 Å². The Hall–Kier alpha value is -2.90. The molecule has 0 spiro atoms. The highest BCUT2D eigenvalue weighted by molar-refractivity contribution is 5.89. The average molecular weight is 379 g/mol.